The number of fused-ring (bicyclic) bond motifs is 1. The number of benzene rings is 1. The zero-order chi connectivity index (χ0) is 13.3. The van der Waals surface area contributed by atoms with Gasteiger partial charge in [0, 0.05) is 13.5 Å². The Morgan fingerprint density at radius 2 is 2.11 bits per heavy atom. The monoisotopic (exact) mass is 268 g/mol. The maximum absolute atomic E-state index is 12.0. The van der Waals surface area contributed by atoms with Crippen molar-refractivity contribution in [3.05, 3.63) is 24.1 Å². The van der Waals surface area contributed by atoms with Crippen LogP contribution in [0.1, 0.15) is 19.7 Å². The van der Waals surface area contributed by atoms with Gasteiger partial charge in [0.2, 0.25) is 10.0 Å². The number of aryl methyl sites for hydroxylation is 1. The van der Waals surface area contributed by atoms with E-state index in [1.165, 1.54) is 12.1 Å². The summed E-state index contributed by atoms with van der Waals surface area (Å²) >= 11 is 0. The van der Waals surface area contributed by atoms with Crippen molar-refractivity contribution in [2.75, 3.05) is 6.54 Å². The quantitative estimate of drug-likeness (QED) is 0.921. The van der Waals surface area contributed by atoms with Crippen LogP contribution in [0.25, 0.3) is 11.1 Å². The molecule has 0 atom stereocenters. The Morgan fingerprint density at radius 3 is 2.78 bits per heavy atom. The second-order valence-electron chi connectivity index (χ2n) is 4.61. The summed E-state index contributed by atoms with van der Waals surface area (Å²) in [6.45, 7) is 6.04. The fourth-order valence-corrected chi connectivity index (χ4v) is 2.78. The number of oxazole rings is 1. The molecule has 0 radical (unpaired) electrons. The summed E-state index contributed by atoms with van der Waals surface area (Å²) < 4.78 is 31.9. The molecule has 5 nitrogen and oxygen atoms in total. The van der Waals surface area contributed by atoms with Crippen molar-refractivity contribution >= 4 is 21.1 Å². The molecule has 1 aromatic heterocycles. The molecule has 2 rings (SSSR count). The zero-order valence-corrected chi connectivity index (χ0v) is 11.4. The van der Waals surface area contributed by atoms with Crippen molar-refractivity contribution in [1.82, 2.24) is 9.71 Å². The first-order valence-corrected chi connectivity index (χ1v) is 7.23. The first-order chi connectivity index (χ1) is 8.38. The van der Waals surface area contributed by atoms with Gasteiger partial charge in [-0.1, -0.05) is 13.8 Å². The molecule has 0 spiro atoms. The first kappa shape index (κ1) is 13.0. The standard InChI is InChI=1S/C12H16N2O3S/c1-8(2)7-13-18(15,16)10-4-5-12-11(6-10)14-9(3)17-12/h4-6,8,13H,7H2,1-3H3. The van der Waals surface area contributed by atoms with Crippen LogP contribution >= 0.6 is 0 Å². The second-order valence-corrected chi connectivity index (χ2v) is 6.38. The highest BCUT2D eigenvalue weighted by Gasteiger charge is 2.15. The zero-order valence-electron chi connectivity index (χ0n) is 10.6. The van der Waals surface area contributed by atoms with Gasteiger partial charge < -0.3 is 4.42 Å². The molecule has 0 aliphatic carbocycles. The lowest BCUT2D eigenvalue weighted by molar-refractivity contribution is 0.559. The third-order valence-electron chi connectivity index (χ3n) is 2.46. The molecular formula is C12H16N2O3S. The van der Waals surface area contributed by atoms with Crippen LogP contribution in [-0.2, 0) is 10.0 Å². The van der Waals surface area contributed by atoms with Crippen LogP contribution in [0.4, 0.5) is 0 Å². The summed E-state index contributed by atoms with van der Waals surface area (Å²) in [4.78, 5) is 4.34. The summed E-state index contributed by atoms with van der Waals surface area (Å²) in [5.74, 6) is 0.785. The van der Waals surface area contributed by atoms with Gasteiger partial charge in [-0.3, -0.25) is 0 Å². The molecule has 0 unspecified atom stereocenters. The van der Waals surface area contributed by atoms with E-state index in [9.17, 15) is 8.42 Å². The normalized spacial score (nSPS) is 12.4. The van der Waals surface area contributed by atoms with E-state index in [2.05, 4.69) is 9.71 Å². The van der Waals surface area contributed by atoms with Gasteiger partial charge in [-0.25, -0.2) is 18.1 Å². The van der Waals surface area contributed by atoms with E-state index in [4.69, 9.17) is 4.42 Å². The molecule has 2 aromatic rings. The summed E-state index contributed by atoms with van der Waals surface area (Å²) in [5, 5.41) is 0. The molecule has 98 valence electrons. The molecule has 0 saturated carbocycles. The lowest BCUT2D eigenvalue weighted by Gasteiger charge is -2.08. The Morgan fingerprint density at radius 1 is 1.39 bits per heavy atom. The Bertz CT molecular complexity index is 659. The Labute approximate surface area is 106 Å². The summed E-state index contributed by atoms with van der Waals surface area (Å²) in [6.07, 6.45) is 0. The maximum atomic E-state index is 12.0. The molecule has 18 heavy (non-hydrogen) atoms. The van der Waals surface area contributed by atoms with E-state index in [0.717, 1.165) is 0 Å². The smallest absolute Gasteiger partial charge is 0.240 e. The van der Waals surface area contributed by atoms with Crippen LogP contribution in [-0.4, -0.2) is 19.9 Å². The number of rotatable bonds is 4. The van der Waals surface area contributed by atoms with Crippen molar-refractivity contribution in [1.29, 1.82) is 0 Å². The topological polar surface area (TPSA) is 72.2 Å². The highest BCUT2D eigenvalue weighted by atomic mass is 32.2. The number of hydrogen-bond acceptors (Lipinski definition) is 4. The highest BCUT2D eigenvalue weighted by molar-refractivity contribution is 7.89. The van der Waals surface area contributed by atoms with Gasteiger partial charge in [-0.15, -0.1) is 0 Å². The number of nitrogens with zero attached hydrogens (tertiary/aromatic N) is 1. The molecule has 1 aromatic carbocycles. The van der Waals surface area contributed by atoms with E-state index in [1.54, 1.807) is 13.0 Å². The Kier molecular flexibility index (Phi) is 3.41. The summed E-state index contributed by atoms with van der Waals surface area (Å²) in [6, 6.07) is 4.67. The van der Waals surface area contributed by atoms with Crippen LogP contribution in [0.15, 0.2) is 27.5 Å². The summed E-state index contributed by atoms with van der Waals surface area (Å²) in [5.41, 5.74) is 1.15. The molecule has 0 aliphatic heterocycles. The predicted molar refractivity (Wildman–Crippen MR) is 68.8 cm³/mol. The average Bonchev–Trinajstić information content (AvgIpc) is 2.65. The minimum Gasteiger partial charge on any atom is -0.441 e. The fourth-order valence-electron chi connectivity index (χ4n) is 1.55. The molecule has 0 aliphatic rings. The van der Waals surface area contributed by atoms with E-state index >= 15 is 0 Å². The van der Waals surface area contributed by atoms with Crippen LogP contribution in [0.3, 0.4) is 0 Å². The third-order valence-corrected chi connectivity index (χ3v) is 3.88. The minimum absolute atomic E-state index is 0.212. The Balaban J connectivity index is 2.35. The van der Waals surface area contributed by atoms with E-state index in [1.807, 2.05) is 13.8 Å². The van der Waals surface area contributed by atoms with Gasteiger partial charge in [-0.2, -0.15) is 0 Å². The lowest BCUT2D eigenvalue weighted by atomic mass is 10.2. The Hall–Kier alpha value is -1.40. The highest BCUT2D eigenvalue weighted by Crippen LogP contribution is 2.19. The van der Waals surface area contributed by atoms with Gasteiger partial charge in [-0.05, 0) is 24.1 Å². The van der Waals surface area contributed by atoms with Gasteiger partial charge in [0.25, 0.3) is 0 Å². The lowest BCUT2D eigenvalue weighted by Crippen LogP contribution is -2.27. The van der Waals surface area contributed by atoms with Crippen molar-refractivity contribution in [2.45, 2.75) is 25.7 Å². The van der Waals surface area contributed by atoms with Gasteiger partial charge in [0.1, 0.15) is 5.52 Å². The van der Waals surface area contributed by atoms with Gasteiger partial charge in [0.05, 0.1) is 4.90 Å². The summed E-state index contributed by atoms with van der Waals surface area (Å²) in [7, 11) is -3.47. The van der Waals surface area contributed by atoms with Crippen LogP contribution in [0.2, 0.25) is 0 Å². The average molecular weight is 268 g/mol. The van der Waals surface area contributed by atoms with Crippen molar-refractivity contribution in [3.8, 4) is 0 Å². The van der Waals surface area contributed by atoms with Crippen molar-refractivity contribution in [3.63, 3.8) is 0 Å². The molecule has 1 N–H and O–H groups in total. The second kappa shape index (κ2) is 4.70. The SMILES string of the molecule is Cc1nc2cc(S(=O)(=O)NCC(C)C)ccc2o1. The largest absolute Gasteiger partial charge is 0.441 e. The van der Waals surface area contributed by atoms with E-state index in [-0.39, 0.29) is 10.8 Å². The van der Waals surface area contributed by atoms with Crippen LogP contribution in [0.5, 0.6) is 0 Å². The molecule has 0 amide bonds. The maximum Gasteiger partial charge on any atom is 0.240 e. The molecule has 0 bridgehead atoms. The molecule has 6 heteroatoms. The van der Waals surface area contributed by atoms with Gasteiger partial charge in [0.15, 0.2) is 11.5 Å². The number of sulfonamides is 1. The molecule has 0 saturated heterocycles. The number of nitrogens with one attached hydrogen (secondary N) is 1. The molecule has 1 heterocycles. The van der Waals surface area contributed by atoms with Crippen LogP contribution in [0, 0.1) is 12.8 Å². The fraction of sp³-hybridized carbons (Fsp3) is 0.417. The third kappa shape index (κ3) is 2.70. The van der Waals surface area contributed by atoms with Crippen LogP contribution < -0.4 is 4.72 Å². The van der Waals surface area contributed by atoms with Gasteiger partial charge >= 0.3 is 0 Å². The minimum atomic E-state index is -3.47. The number of hydrogen-bond donors (Lipinski definition) is 1. The molecule has 0 fully saturated rings. The number of aromatic nitrogens is 1. The predicted octanol–water partition coefficient (Wildman–Crippen LogP) is 2.07. The van der Waals surface area contributed by atoms with Crippen molar-refractivity contribution in [2.24, 2.45) is 5.92 Å². The van der Waals surface area contributed by atoms with E-state index < -0.39 is 10.0 Å². The molecular weight excluding hydrogens is 252 g/mol. The van der Waals surface area contributed by atoms with Crippen molar-refractivity contribution < 1.29 is 12.8 Å². The van der Waals surface area contributed by atoms with E-state index in [0.29, 0.717) is 23.5 Å². The first-order valence-electron chi connectivity index (χ1n) is 5.75.